The second-order valence-corrected chi connectivity index (χ2v) is 7.19. The van der Waals surface area contributed by atoms with Crippen molar-refractivity contribution < 1.29 is 9.53 Å². The summed E-state index contributed by atoms with van der Waals surface area (Å²) in [6, 6.07) is 3.91. The van der Waals surface area contributed by atoms with Gasteiger partial charge in [-0.25, -0.2) is 4.98 Å². The van der Waals surface area contributed by atoms with Crippen molar-refractivity contribution in [3.63, 3.8) is 0 Å². The number of nitrogens with zero attached hydrogens (tertiary/aromatic N) is 4. The third kappa shape index (κ3) is 5.37. The first-order valence-corrected chi connectivity index (χ1v) is 9.09. The van der Waals surface area contributed by atoms with Crippen molar-refractivity contribution in [1.29, 1.82) is 0 Å². The number of carbonyl (C=O) groups is 1. The molecule has 1 aliphatic heterocycles. The largest absolute Gasteiger partial charge is 0.370 e. The van der Waals surface area contributed by atoms with E-state index in [0.29, 0.717) is 38.7 Å². The molecule has 0 spiro atoms. The SMILES string of the molecule is CC(C)CN1CC(OCc2ccncc2)CN(Cc2ncc[nH]2)CC1=O. The zero-order valence-corrected chi connectivity index (χ0v) is 15.5. The van der Waals surface area contributed by atoms with Crippen LogP contribution in [0.2, 0.25) is 0 Å². The molecule has 140 valence electrons. The number of H-pyrrole nitrogens is 1. The number of nitrogens with one attached hydrogen (secondary N) is 1. The number of ether oxygens (including phenoxy) is 1. The number of hydrogen-bond donors (Lipinski definition) is 1. The molecule has 2 aromatic rings. The molecule has 1 N–H and O–H groups in total. The molecule has 0 radical (unpaired) electrons. The third-order valence-electron chi connectivity index (χ3n) is 4.35. The summed E-state index contributed by atoms with van der Waals surface area (Å²) >= 11 is 0. The van der Waals surface area contributed by atoms with Gasteiger partial charge in [0.15, 0.2) is 0 Å². The summed E-state index contributed by atoms with van der Waals surface area (Å²) in [7, 11) is 0. The number of pyridine rings is 1. The number of rotatable bonds is 7. The molecule has 0 bridgehead atoms. The standard InChI is InChI=1S/C19H27N5O2/c1-15(2)9-24-11-17(26-14-16-3-5-20-6-4-16)10-23(13-19(24)25)12-18-21-7-8-22-18/h3-8,15,17H,9-14H2,1-2H3,(H,21,22). The summed E-state index contributed by atoms with van der Waals surface area (Å²) < 4.78 is 6.16. The van der Waals surface area contributed by atoms with Gasteiger partial charge in [0.05, 0.1) is 25.8 Å². The first-order chi connectivity index (χ1) is 12.6. The second kappa shape index (κ2) is 8.91. The quantitative estimate of drug-likeness (QED) is 0.816. The maximum absolute atomic E-state index is 12.7. The van der Waals surface area contributed by atoms with Crippen LogP contribution in [-0.2, 0) is 22.7 Å². The zero-order chi connectivity index (χ0) is 18.4. The van der Waals surface area contributed by atoms with Gasteiger partial charge in [-0.15, -0.1) is 0 Å². The average molecular weight is 357 g/mol. The lowest BCUT2D eigenvalue weighted by atomic mass is 10.2. The monoisotopic (exact) mass is 357 g/mol. The fraction of sp³-hybridized carbons (Fsp3) is 0.526. The predicted octanol–water partition coefficient (Wildman–Crippen LogP) is 1.69. The first kappa shape index (κ1) is 18.5. The fourth-order valence-electron chi connectivity index (χ4n) is 3.18. The molecule has 0 aliphatic carbocycles. The Balaban J connectivity index is 1.67. The van der Waals surface area contributed by atoms with E-state index in [2.05, 4.69) is 33.7 Å². The van der Waals surface area contributed by atoms with Crippen molar-refractivity contribution >= 4 is 5.91 Å². The smallest absolute Gasteiger partial charge is 0.236 e. The predicted molar refractivity (Wildman–Crippen MR) is 98.1 cm³/mol. The second-order valence-electron chi connectivity index (χ2n) is 7.19. The molecule has 0 saturated carbocycles. The molecule has 26 heavy (non-hydrogen) atoms. The molecule has 1 atom stereocenters. The van der Waals surface area contributed by atoms with Gasteiger partial charge >= 0.3 is 0 Å². The van der Waals surface area contributed by atoms with Crippen LogP contribution in [0.5, 0.6) is 0 Å². The first-order valence-electron chi connectivity index (χ1n) is 9.09. The van der Waals surface area contributed by atoms with Gasteiger partial charge in [-0.05, 0) is 23.6 Å². The van der Waals surface area contributed by atoms with Crippen LogP contribution in [0.1, 0.15) is 25.2 Å². The number of aromatic nitrogens is 3. The summed E-state index contributed by atoms with van der Waals surface area (Å²) in [4.78, 5) is 28.2. The van der Waals surface area contributed by atoms with Crippen molar-refractivity contribution in [3.8, 4) is 0 Å². The lowest BCUT2D eigenvalue weighted by Crippen LogP contribution is -2.40. The molecule has 1 fully saturated rings. The van der Waals surface area contributed by atoms with Crippen molar-refractivity contribution in [2.75, 3.05) is 26.2 Å². The molecule has 1 saturated heterocycles. The van der Waals surface area contributed by atoms with Gasteiger partial charge in [-0.1, -0.05) is 13.8 Å². The van der Waals surface area contributed by atoms with Gasteiger partial charge in [0, 0.05) is 44.4 Å². The lowest BCUT2D eigenvalue weighted by Gasteiger charge is -2.26. The molecule has 3 rings (SSSR count). The van der Waals surface area contributed by atoms with E-state index < -0.39 is 0 Å². The Bertz CT molecular complexity index is 675. The van der Waals surface area contributed by atoms with Crippen molar-refractivity contribution in [3.05, 3.63) is 48.3 Å². The highest BCUT2D eigenvalue weighted by atomic mass is 16.5. The number of aromatic amines is 1. The van der Waals surface area contributed by atoms with Crippen molar-refractivity contribution in [2.24, 2.45) is 5.92 Å². The van der Waals surface area contributed by atoms with E-state index in [4.69, 9.17) is 4.74 Å². The maximum Gasteiger partial charge on any atom is 0.236 e. The van der Waals surface area contributed by atoms with Crippen molar-refractivity contribution in [2.45, 2.75) is 33.1 Å². The Labute approximate surface area is 154 Å². The minimum absolute atomic E-state index is 0.0386. The van der Waals surface area contributed by atoms with Crippen LogP contribution in [0.3, 0.4) is 0 Å². The zero-order valence-electron chi connectivity index (χ0n) is 15.5. The number of carbonyl (C=O) groups excluding carboxylic acids is 1. The van der Waals surface area contributed by atoms with Crippen LogP contribution in [0.4, 0.5) is 0 Å². The van der Waals surface area contributed by atoms with E-state index in [9.17, 15) is 4.79 Å². The molecule has 7 heteroatoms. The van der Waals surface area contributed by atoms with Gasteiger partial charge in [-0.2, -0.15) is 0 Å². The fourth-order valence-corrected chi connectivity index (χ4v) is 3.18. The molecule has 3 heterocycles. The molecule has 7 nitrogen and oxygen atoms in total. The Morgan fingerprint density at radius 2 is 2.08 bits per heavy atom. The molecule has 2 aromatic heterocycles. The van der Waals surface area contributed by atoms with Crippen LogP contribution in [0.15, 0.2) is 36.9 Å². The van der Waals surface area contributed by atoms with E-state index in [0.717, 1.165) is 17.9 Å². The van der Waals surface area contributed by atoms with Crippen LogP contribution in [-0.4, -0.2) is 62.9 Å². The van der Waals surface area contributed by atoms with E-state index >= 15 is 0 Å². The number of amides is 1. The number of imidazole rings is 1. The summed E-state index contributed by atoms with van der Waals surface area (Å²) in [6.45, 7) is 7.86. The minimum Gasteiger partial charge on any atom is -0.370 e. The molecule has 0 aromatic carbocycles. The molecular formula is C19H27N5O2. The van der Waals surface area contributed by atoms with Crippen molar-refractivity contribution in [1.82, 2.24) is 24.8 Å². The Morgan fingerprint density at radius 3 is 2.77 bits per heavy atom. The Hall–Kier alpha value is -2.25. The van der Waals surface area contributed by atoms with Crippen LogP contribution in [0, 0.1) is 5.92 Å². The lowest BCUT2D eigenvalue weighted by molar-refractivity contribution is -0.132. The molecular weight excluding hydrogens is 330 g/mol. The highest BCUT2D eigenvalue weighted by Crippen LogP contribution is 2.14. The van der Waals surface area contributed by atoms with E-state index in [1.54, 1.807) is 24.8 Å². The average Bonchev–Trinajstić information content (AvgIpc) is 3.07. The highest BCUT2D eigenvalue weighted by molar-refractivity contribution is 5.78. The molecule has 1 amide bonds. The topological polar surface area (TPSA) is 74.3 Å². The van der Waals surface area contributed by atoms with Gasteiger partial charge in [0.1, 0.15) is 5.82 Å². The normalized spacial score (nSPS) is 19.1. The maximum atomic E-state index is 12.7. The Kier molecular flexibility index (Phi) is 6.35. The summed E-state index contributed by atoms with van der Waals surface area (Å²) in [6.07, 6.45) is 7.03. The van der Waals surface area contributed by atoms with Gasteiger partial charge in [0.25, 0.3) is 0 Å². The van der Waals surface area contributed by atoms with E-state index in [-0.39, 0.29) is 12.0 Å². The van der Waals surface area contributed by atoms with Crippen LogP contribution < -0.4 is 0 Å². The minimum atomic E-state index is -0.0386. The third-order valence-corrected chi connectivity index (χ3v) is 4.35. The highest BCUT2D eigenvalue weighted by Gasteiger charge is 2.29. The van der Waals surface area contributed by atoms with Gasteiger partial charge < -0.3 is 14.6 Å². The van der Waals surface area contributed by atoms with Crippen LogP contribution in [0.25, 0.3) is 0 Å². The summed E-state index contributed by atoms with van der Waals surface area (Å²) in [5.41, 5.74) is 1.09. The Morgan fingerprint density at radius 1 is 1.27 bits per heavy atom. The van der Waals surface area contributed by atoms with Gasteiger partial charge in [-0.3, -0.25) is 14.7 Å². The van der Waals surface area contributed by atoms with E-state index in [1.165, 1.54) is 0 Å². The number of hydrogen-bond acceptors (Lipinski definition) is 5. The van der Waals surface area contributed by atoms with Crippen LogP contribution >= 0.6 is 0 Å². The summed E-state index contributed by atoms with van der Waals surface area (Å²) in [5.74, 6) is 1.44. The summed E-state index contributed by atoms with van der Waals surface area (Å²) in [5, 5.41) is 0. The van der Waals surface area contributed by atoms with Gasteiger partial charge in [0.2, 0.25) is 5.91 Å². The van der Waals surface area contributed by atoms with E-state index in [1.807, 2.05) is 17.0 Å². The molecule has 1 unspecified atom stereocenters. The molecule has 1 aliphatic rings.